The Hall–Kier alpha value is -0.120. The number of hydrogen-bond acceptors (Lipinski definition) is 3. The lowest BCUT2D eigenvalue weighted by Gasteiger charge is -2.32. The molecule has 1 rings (SSSR count). The molecule has 0 amide bonds. The first-order valence-corrected chi connectivity index (χ1v) is 6.64. The van der Waals surface area contributed by atoms with Gasteiger partial charge in [-0.3, -0.25) is 0 Å². The maximum Gasteiger partial charge on any atom is 0.0109 e. The molecule has 0 radical (unpaired) electrons. The van der Waals surface area contributed by atoms with Crippen molar-refractivity contribution < 1.29 is 0 Å². The molecule has 1 fully saturated rings. The van der Waals surface area contributed by atoms with E-state index in [1.807, 2.05) is 0 Å². The van der Waals surface area contributed by atoms with Gasteiger partial charge in [0.05, 0.1) is 0 Å². The monoisotopic (exact) mass is 227 g/mol. The summed E-state index contributed by atoms with van der Waals surface area (Å²) in [4.78, 5) is 5.01. The van der Waals surface area contributed by atoms with Crippen LogP contribution in [0.1, 0.15) is 33.1 Å². The zero-order valence-corrected chi connectivity index (χ0v) is 11.3. The predicted molar refractivity (Wildman–Crippen MR) is 70.6 cm³/mol. The van der Waals surface area contributed by atoms with E-state index in [9.17, 15) is 0 Å². The summed E-state index contributed by atoms with van der Waals surface area (Å²) < 4.78 is 0. The Kier molecular flexibility index (Phi) is 5.73. The topological polar surface area (TPSA) is 32.5 Å². The number of nitrogens with two attached hydrogens (primary N) is 1. The van der Waals surface area contributed by atoms with E-state index >= 15 is 0 Å². The minimum Gasteiger partial charge on any atom is -0.330 e. The van der Waals surface area contributed by atoms with Crippen molar-refractivity contribution in [3.05, 3.63) is 0 Å². The fraction of sp³-hybridized carbons (Fsp3) is 1.00. The van der Waals surface area contributed by atoms with Gasteiger partial charge in [0.25, 0.3) is 0 Å². The molecular weight excluding hydrogens is 198 g/mol. The minimum absolute atomic E-state index is 0.247. The Labute approximate surface area is 101 Å². The molecule has 0 unspecified atom stereocenters. The molecule has 1 aliphatic heterocycles. The molecule has 0 aromatic heterocycles. The number of piperidine rings is 1. The van der Waals surface area contributed by atoms with Crippen molar-refractivity contribution in [3.8, 4) is 0 Å². The summed E-state index contributed by atoms with van der Waals surface area (Å²) in [5.74, 6) is 0. The van der Waals surface area contributed by atoms with Gasteiger partial charge in [-0.2, -0.15) is 0 Å². The van der Waals surface area contributed by atoms with Gasteiger partial charge in [-0.05, 0) is 44.9 Å². The maximum atomic E-state index is 5.76. The van der Waals surface area contributed by atoms with Crippen LogP contribution < -0.4 is 5.73 Å². The molecule has 1 saturated heterocycles. The van der Waals surface area contributed by atoms with E-state index in [2.05, 4.69) is 30.7 Å². The van der Waals surface area contributed by atoms with Gasteiger partial charge in [-0.15, -0.1) is 0 Å². The van der Waals surface area contributed by atoms with Crippen molar-refractivity contribution in [3.63, 3.8) is 0 Å². The second-order valence-corrected chi connectivity index (χ2v) is 6.01. The van der Waals surface area contributed by atoms with Crippen LogP contribution in [0, 0.1) is 5.41 Å². The van der Waals surface area contributed by atoms with Crippen molar-refractivity contribution in [2.75, 3.05) is 46.3 Å². The lowest BCUT2D eigenvalue weighted by molar-refractivity contribution is 0.166. The molecule has 1 heterocycles. The molecule has 0 spiro atoms. The van der Waals surface area contributed by atoms with Gasteiger partial charge in [-0.1, -0.05) is 20.3 Å². The third-order valence-corrected chi connectivity index (χ3v) is 3.50. The van der Waals surface area contributed by atoms with Crippen LogP contribution in [-0.4, -0.2) is 56.1 Å². The van der Waals surface area contributed by atoms with E-state index in [0.29, 0.717) is 0 Å². The molecule has 3 heteroatoms. The molecule has 1 aliphatic rings. The summed E-state index contributed by atoms with van der Waals surface area (Å²) >= 11 is 0. The quantitative estimate of drug-likeness (QED) is 0.744. The van der Waals surface area contributed by atoms with Crippen LogP contribution in [-0.2, 0) is 0 Å². The smallest absolute Gasteiger partial charge is 0.0109 e. The first-order chi connectivity index (χ1) is 7.53. The largest absolute Gasteiger partial charge is 0.330 e. The third kappa shape index (κ3) is 5.28. The molecule has 0 atom stereocenters. The zero-order valence-electron chi connectivity index (χ0n) is 11.3. The summed E-state index contributed by atoms with van der Waals surface area (Å²) in [5, 5.41) is 0. The van der Waals surface area contributed by atoms with Crippen LogP contribution in [0.2, 0.25) is 0 Å². The molecule has 0 aromatic carbocycles. The fourth-order valence-electron chi connectivity index (χ4n) is 2.37. The van der Waals surface area contributed by atoms with Gasteiger partial charge < -0.3 is 15.5 Å². The standard InChI is InChI=1S/C13H29N3/c1-13(2,11-14)12-15(3)9-10-16-7-5-4-6-8-16/h4-12,14H2,1-3H3. The van der Waals surface area contributed by atoms with Crippen molar-refractivity contribution >= 4 is 0 Å². The highest BCUT2D eigenvalue weighted by atomic mass is 15.2. The molecule has 16 heavy (non-hydrogen) atoms. The number of likely N-dealkylation sites (tertiary alicyclic amines) is 1. The SMILES string of the molecule is CN(CCN1CCCCC1)CC(C)(C)CN. The van der Waals surface area contributed by atoms with Gasteiger partial charge in [0, 0.05) is 19.6 Å². The van der Waals surface area contributed by atoms with Crippen molar-refractivity contribution in [1.82, 2.24) is 9.80 Å². The van der Waals surface area contributed by atoms with Gasteiger partial charge in [0.1, 0.15) is 0 Å². The second kappa shape index (κ2) is 6.58. The highest BCUT2D eigenvalue weighted by Gasteiger charge is 2.18. The Bertz CT molecular complexity index is 186. The van der Waals surface area contributed by atoms with Crippen LogP contribution in [0.5, 0.6) is 0 Å². The van der Waals surface area contributed by atoms with Gasteiger partial charge >= 0.3 is 0 Å². The van der Waals surface area contributed by atoms with Crippen molar-refractivity contribution in [1.29, 1.82) is 0 Å². The lowest BCUT2D eigenvalue weighted by atomic mass is 9.93. The van der Waals surface area contributed by atoms with Crippen LogP contribution >= 0.6 is 0 Å². The lowest BCUT2D eigenvalue weighted by Crippen LogP contribution is -2.41. The van der Waals surface area contributed by atoms with Crippen molar-refractivity contribution in [2.45, 2.75) is 33.1 Å². The number of rotatable bonds is 6. The summed E-state index contributed by atoms with van der Waals surface area (Å²) in [6.45, 7) is 11.3. The molecule has 0 bridgehead atoms. The first-order valence-electron chi connectivity index (χ1n) is 6.64. The van der Waals surface area contributed by atoms with Crippen LogP contribution in [0.4, 0.5) is 0 Å². The van der Waals surface area contributed by atoms with Gasteiger partial charge in [0.15, 0.2) is 0 Å². The highest BCUT2D eigenvalue weighted by Crippen LogP contribution is 2.14. The fourth-order valence-corrected chi connectivity index (χ4v) is 2.37. The predicted octanol–water partition coefficient (Wildman–Crippen LogP) is 1.39. The summed E-state index contributed by atoms with van der Waals surface area (Å²) in [6, 6.07) is 0. The third-order valence-electron chi connectivity index (χ3n) is 3.50. The Morgan fingerprint density at radius 1 is 1.19 bits per heavy atom. The Morgan fingerprint density at radius 2 is 1.81 bits per heavy atom. The summed E-state index contributed by atoms with van der Waals surface area (Å²) in [7, 11) is 2.21. The molecule has 0 saturated carbocycles. The van der Waals surface area contributed by atoms with E-state index in [-0.39, 0.29) is 5.41 Å². The van der Waals surface area contributed by atoms with Crippen LogP contribution in [0.25, 0.3) is 0 Å². The van der Waals surface area contributed by atoms with E-state index in [1.165, 1.54) is 45.4 Å². The zero-order chi connectivity index (χ0) is 12.0. The molecule has 2 N–H and O–H groups in total. The molecular formula is C13H29N3. The van der Waals surface area contributed by atoms with E-state index in [1.54, 1.807) is 0 Å². The maximum absolute atomic E-state index is 5.76. The average Bonchev–Trinajstić information content (AvgIpc) is 2.27. The van der Waals surface area contributed by atoms with Gasteiger partial charge in [0.2, 0.25) is 0 Å². The van der Waals surface area contributed by atoms with Gasteiger partial charge in [-0.25, -0.2) is 0 Å². The molecule has 0 aliphatic carbocycles. The minimum atomic E-state index is 0.247. The Morgan fingerprint density at radius 3 is 2.38 bits per heavy atom. The number of hydrogen-bond donors (Lipinski definition) is 1. The average molecular weight is 227 g/mol. The summed E-state index contributed by atoms with van der Waals surface area (Å²) in [6.07, 6.45) is 4.20. The van der Waals surface area contributed by atoms with Crippen LogP contribution in [0.15, 0.2) is 0 Å². The molecule has 96 valence electrons. The normalized spacial score (nSPS) is 19.3. The first kappa shape index (κ1) is 13.9. The van der Waals surface area contributed by atoms with E-state index < -0.39 is 0 Å². The molecule has 3 nitrogen and oxygen atoms in total. The number of likely N-dealkylation sites (N-methyl/N-ethyl adjacent to an activating group) is 1. The molecule has 0 aromatic rings. The van der Waals surface area contributed by atoms with E-state index in [4.69, 9.17) is 5.73 Å². The Balaban J connectivity index is 2.16. The number of nitrogens with zero attached hydrogens (tertiary/aromatic N) is 2. The van der Waals surface area contributed by atoms with Crippen molar-refractivity contribution in [2.24, 2.45) is 11.1 Å². The van der Waals surface area contributed by atoms with Crippen LogP contribution in [0.3, 0.4) is 0 Å². The van der Waals surface area contributed by atoms with E-state index in [0.717, 1.165) is 13.1 Å². The highest BCUT2D eigenvalue weighted by molar-refractivity contribution is 4.74. The summed E-state index contributed by atoms with van der Waals surface area (Å²) in [5.41, 5.74) is 6.00. The second-order valence-electron chi connectivity index (χ2n) is 6.01.